The Hall–Kier alpha value is -0.580. The Kier molecular flexibility index (Phi) is 7.20. The quantitative estimate of drug-likeness (QED) is 0.714. The number of rotatable bonds is 7. The van der Waals surface area contributed by atoms with Crippen molar-refractivity contribution >= 4 is 15.9 Å². The number of halogens is 1. The summed E-state index contributed by atoms with van der Waals surface area (Å²) in [5.74, 6) is 2.67. The van der Waals surface area contributed by atoms with Crippen molar-refractivity contribution in [2.75, 3.05) is 26.7 Å². The van der Waals surface area contributed by atoms with Crippen LogP contribution < -0.4 is 10.5 Å². The average molecular weight is 409 g/mol. The van der Waals surface area contributed by atoms with Crippen molar-refractivity contribution < 1.29 is 4.74 Å². The highest BCUT2D eigenvalue weighted by Crippen LogP contribution is 2.30. The smallest absolute Gasteiger partial charge is 0.119 e. The van der Waals surface area contributed by atoms with E-state index < -0.39 is 0 Å². The summed E-state index contributed by atoms with van der Waals surface area (Å²) in [5, 5.41) is 0. The van der Waals surface area contributed by atoms with E-state index in [9.17, 15) is 0 Å². The van der Waals surface area contributed by atoms with E-state index in [0.29, 0.717) is 6.04 Å². The van der Waals surface area contributed by atoms with E-state index in [1.807, 2.05) is 6.07 Å². The first-order valence-corrected chi connectivity index (χ1v) is 10.7. The molecule has 0 amide bonds. The molecule has 140 valence electrons. The van der Waals surface area contributed by atoms with Crippen LogP contribution in [0.3, 0.4) is 0 Å². The minimum atomic E-state index is 0.478. The van der Waals surface area contributed by atoms with Crippen LogP contribution in [0.1, 0.15) is 50.5 Å². The number of benzene rings is 1. The number of likely N-dealkylation sites (tertiary alicyclic amines) is 1. The lowest BCUT2D eigenvalue weighted by atomic mass is 9.84. The summed E-state index contributed by atoms with van der Waals surface area (Å²) in [6.45, 7) is 3.79. The van der Waals surface area contributed by atoms with E-state index in [1.165, 1.54) is 74.6 Å². The molecule has 0 bridgehead atoms. The molecule has 2 fully saturated rings. The fourth-order valence-electron chi connectivity index (χ4n) is 4.51. The van der Waals surface area contributed by atoms with E-state index in [4.69, 9.17) is 10.5 Å². The van der Waals surface area contributed by atoms with E-state index in [-0.39, 0.29) is 0 Å². The van der Waals surface area contributed by atoms with Crippen molar-refractivity contribution in [3.63, 3.8) is 0 Å². The van der Waals surface area contributed by atoms with E-state index in [1.54, 1.807) is 7.11 Å². The van der Waals surface area contributed by atoms with Gasteiger partial charge in [-0.15, -0.1) is 0 Å². The van der Waals surface area contributed by atoms with Gasteiger partial charge in [0.25, 0.3) is 0 Å². The maximum absolute atomic E-state index is 6.01. The molecule has 1 aliphatic heterocycles. The summed E-state index contributed by atoms with van der Waals surface area (Å²) in [6, 6.07) is 6.79. The second-order valence-electron chi connectivity index (χ2n) is 8.04. The van der Waals surface area contributed by atoms with Crippen molar-refractivity contribution in [3.05, 3.63) is 28.2 Å². The van der Waals surface area contributed by atoms with Crippen LogP contribution in [0.15, 0.2) is 22.7 Å². The molecule has 25 heavy (non-hydrogen) atoms. The average Bonchev–Trinajstić information content (AvgIpc) is 3.06. The molecular formula is C21H33BrN2O. The van der Waals surface area contributed by atoms with Crippen LogP contribution in [0.5, 0.6) is 5.75 Å². The highest BCUT2D eigenvalue weighted by Gasteiger charge is 2.24. The number of nitrogens with zero attached hydrogens (tertiary/aromatic N) is 1. The molecule has 1 aromatic carbocycles. The van der Waals surface area contributed by atoms with Crippen molar-refractivity contribution in [2.45, 2.75) is 57.4 Å². The van der Waals surface area contributed by atoms with Gasteiger partial charge in [-0.25, -0.2) is 0 Å². The Balaban J connectivity index is 1.38. The molecule has 1 aromatic rings. The molecule has 0 aromatic heterocycles. The van der Waals surface area contributed by atoms with Gasteiger partial charge in [0.05, 0.1) is 7.11 Å². The van der Waals surface area contributed by atoms with Crippen LogP contribution in [0, 0.1) is 11.8 Å². The first kappa shape index (κ1) is 19.2. The van der Waals surface area contributed by atoms with Crippen molar-refractivity contribution in [1.29, 1.82) is 0 Å². The number of ether oxygens (including phenoxy) is 1. The summed E-state index contributed by atoms with van der Waals surface area (Å²) >= 11 is 3.69. The van der Waals surface area contributed by atoms with Gasteiger partial charge in [-0.05, 0) is 100 Å². The molecule has 3 nitrogen and oxygen atoms in total. The van der Waals surface area contributed by atoms with Gasteiger partial charge in [-0.1, -0.05) is 15.9 Å². The number of nitrogens with two attached hydrogens (primary N) is 1. The van der Waals surface area contributed by atoms with Crippen LogP contribution in [0.25, 0.3) is 0 Å². The van der Waals surface area contributed by atoms with Crippen LogP contribution in [-0.2, 0) is 6.42 Å². The largest absolute Gasteiger partial charge is 0.497 e. The number of methoxy groups -OCH3 is 1. The van der Waals surface area contributed by atoms with Crippen molar-refractivity contribution in [1.82, 2.24) is 4.90 Å². The molecular weight excluding hydrogens is 376 g/mol. The molecule has 1 unspecified atom stereocenters. The standard InChI is InChI=1S/C21H33BrN2O/c1-25-20-8-9-21(22)18(14-20)13-17-10-12-24(15-17)11-2-3-16-4-6-19(23)7-5-16/h8-9,14,16-17,19H,2-7,10-13,15,23H2,1H3/t16-,17?,19-. The minimum absolute atomic E-state index is 0.478. The van der Waals surface area contributed by atoms with Crippen molar-refractivity contribution in [2.24, 2.45) is 17.6 Å². The first-order valence-electron chi connectivity index (χ1n) is 9.94. The Labute approximate surface area is 161 Å². The highest BCUT2D eigenvalue weighted by molar-refractivity contribution is 9.10. The van der Waals surface area contributed by atoms with Crippen LogP contribution in [0.4, 0.5) is 0 Å². The number of hydrogen-bond donors (Lipinski definition) is 1. The lowest BCUT2D eigenvalue weighted by Crippen LogP contribution is -2.27. The molecule has 1 heterocycles. The van der Waals surface area contributed by atoms with Gasteiger partial charge in [-0.3, -0.25) is 0 Å². The Morgan fingerprint density at radius 2 is 1.96 bits per heavy atom. The third kappa shape index (κ3) is 5.70. The normalized spacial score (nSPS) is 27.6. The zero-order chi connectivity index (χ0) is 17.6. The van der Waals surface area contributed by atoms with Gasteiger partial charge < -0.3 is 15.4 Å². The molecule has 3 rings (SSSR count). The van der Waals surface area contributed by atoms with Crippen molar-refractivity contribution in [3.8, 4) is 5.75 Å². The Morgan fingerprint density at radius 3 is 2.72 bits per heavy atom. The molecule has 1 saturated carbocycles. The second-order valence-corrected chi connectivity index (χ2v) is 8.89. The Bertz CT molecular complexity index is 543. The summed E-state index contributed by atoms with van der Waals surface area (Å²) in [5.41, 5.74) is 7.39. The molecule has 1 aliphatic carbocycles. The molecule has 1 saturated heterocycles. The summed E-state index contributed by atoms with van der Waals surface area (Å²) in [4.78, 5) is 2.67. The van der Waals surface area contributed by atoms with Gasteiger partial charge in [-0.2, -0.15) is 0 Å². The van der Waals surface area contributed by atoms with Gasteiger partial charge in [0, 0.05) is 17.1 Å². The number of hydrogen-bond acceptors (Lipinski definition) is 3. The van der Waals surface area contributed by atoms with E-state index >= 15 is 0 Å². The molecule has 1 atom stereocenters. The van der Waals surface area contributed by atoms with Gasteiger partial charge in [0.2, 0.25) is 0 Å². The second kappa shape index (κ2) is 9.38. The maximum atomic E-state index is 6.01. The monoisotopic (exact) mass is 408 g/mol. The minimum Gasteiger partial charge on any atom is -0.497 e. The summed E-state index contributed by atoms with van der Waals surface area (Å²) in [6.07, 6.45) is 10.4. The lowest BCUT2D eigenvalue weighted by Gasteiger charge is -2.26. The van der Waals surface area contributed by atoms with Gasteiger partial charge in [0.15, 0.2) is 0 Å². The first-order chi connectivity index (χ1) is 12.1. The van der Waals surface area contributed by atoms with Crippen LogP contribution in [-0.4, -0.2) is 37.7 Å². The maximum Gasteiger partial charge on any atom is 0.119 e. The van der Waals surface area contributed by atoms with Crippen LogP contribution in [0.2, 0.25) is 0 Å². The Morgan fingerprint density at radius 1 is 1.16 bits per heavy atom. The van der Waals surface area contributed by atoms with Gasteiger partial charge >= 0.3 is 0 Å². The predicted molar refractivity (Wildman–Crippen MR) is 108 cm³/mol. The van der Waals surface area contributed by atoms with Crippen LogP contribution >= 0.6 is 15.9 Å². The third-order valence-corrected chi connectivity index (χ3v) is 6.88. The molecule has 0 radical (unpaired) electrons. The molecule has 4 heteroatoms. The van der Waals surface area contributed by atoms with E-state index in [0.717, 1.165) is 24.0 Å². The third-order valence-electron chi connectivity index (χ3n) is 6.11. The highest BCUT2D eigenvalue weighted by atomic mass is 79.9. The molecule has 2 N–H and O–H groups in total. The van der Waals surface area contributed by atoms with E-state index in [2.05, 4.69) is 33.0 Å². The molecule has 0 spiro atoms. The molecule has 2 aliphatic rings. The summed E-state index contributed by atoms with van der Waals surface area (Å²) in [7, 11) is 1.74. The fourth-order valence-corrected chi connectivity index (χ4v) is 4.92. The lowest BCUT2D eigenvalue weighted by molar-refractivity contribution is 0.269. The summed E-state index contributed by atoms with van der Waals surface area (Å²) < 4.78 is 6.58. The topological polar surface area (TPSA) is 38.5 Å². The predicted octanol–water partition coefficient (Wildman–Crippen LogP) is 4.62. The fraction of sp³-hybridized carbons (Fsp3) is 0.714. The SMILES string of the molecule is COc1ccc(Br)c(CC2CCN(CCC[C@H]3CC[C@H](N)CC3)C2)c1. The zero-order valence-corrected chi connectivity index (χ0v) is 17.1. The van der Waals surface area contributed by atoms with Gasteiger partial charge in [0.1, 0.15) is 5.75 Å². The zero-order valence-electron chi connectivity index (χ0n) is 15.6.